The highest BCUT2D eigenvalue weighted by Crippen LogP contribution is 2.25. The molecule has 5 nitrogen and oxygen atoms in total. The van der Waals surface area contributed by atoms with E-state index in [-0.39, 0.29) is 6.10 Å². The van der Waals surface area contributed by atoms with Crippen LogP contribution in [0.3, 0.4) is 0 Å². The van der Waals surface area contributed by atoms with Crippen molar-refractivity contribution < 1.29 is 19.4 Å². The first-order chi connectivity index (χ1) is 5.57. The fourth-order valence-electron chi connectivity index (χ4n) is 1.45. The first kappa shape index (κ1) is 9.44. The standard InChI is InChI=1S/C7H13NO4/c1-3-4(6(9)10)5(8)7(11-2)12-3/h3-5,7H,8H2,1-2H3,(H,9,10)/t3-,4-,5-,7+/m1/s1. The van der Waals surface area contributed by atoms with Crippen molar-refractivity contribution in [2.24, 2.45) is 11.7 Å². The van der Waals surface area contributed by atoms with Crippen LogP contribution in [0.4, 0.5) is 0 Å². The van der Waals surface area contributed by atoms with E-state index in [1.807, 2.05) is 0 Å². The van der Waals surface area contributed by atoms with Crippen LogP contribution in [0, 0.1) is 5.92 Å². The number of nitrogens with two attached hydrogens (primary N) is 1. The molecule has 3 N–H and O–H groups in total. The van der Waals surface area contributed by atoms with Crippen molar-refractivity contribution in [2.45, 2.75) is 25.4 Å². The SMILES string of the molecule is CO[C@H]1O[C@H](C)[C@@H](C(=O)O)[C@H]1N. The van der Waals surface area contributed by atoms with E-state index < -0.39 is 24.2 Å². The Morgan fingerprint density at radius 3 is 2.50 bits per heavy atom. The summed E-state index contributed by atoms with van der Waals surface area (Å²) in [5.74, 6) is -1.61. The number of methoxy groups -OCH3 is 1. The number of hydrogen-bond donors (Lipinski definition) is 2. The van der Waals surface area contributed by atoms with Gasteiger partial charge in [-0.2, -0.15) is 0 Å². The second-order valence-electron chi connectivity index (χ2n) is 2.89. The molecule has 0 amide bonds. The van der Waals surface area contributed by atoms with Gasteiger partial charge in [-0.15, -0.1) is 0 Å². The molecule has 0 bridgehead atoms. The molecule has 5 heteroatoms. The van der Waals surface area contributed by atoms with E-state index in [4.69, 9.17) is 20.3 Å². The summed E-state index contributed by atoms with van der Waals surface area (Å²) in [6.45, 7) is 1.68. The minimum absolute atomic E-state index is 0.387. The fourth-order valence-corrected chi connectivity index (χ4v) is 1.45. The summed E-state index contributed by atoms with van der Waals surface area (Å²) in [4.78, 5) is 10.7. The predicted molar refractivity (Wildman–Crippen MR) is 40.4 cm³/mol. The van der Waals surface area contributed by atoms with Crippen molar-refractivity contribution in [1.82, 2.24) is 0 Å². The van der Waals surface area contributed by atoms with Crippen molar-refractivity contribution in [3.63, 3.8) is 0 Å². The molecule has 1 fully saturated rings. The van der Waals surface area contributed by atoms with Gasteiger partial charge in [-0.25, -0.2) is 0 Å². The van der Waals surface area contributed by atoms with Crippen LogP contribution in [0.5, 0.6) is 0 Å². The lowest BCUT2D eigenvalue weighted by Crippen LogP contribution is -2.40. The van der Waals surface area contributed by atoms with Crippen molar-refractivity contribution in [3.05, 3.63) is 0 Å². The monoisotopic (exact) mass is 175 g/mol. The third-order valence-corrected chi connectivity index (χ3v) is 2.10. The van der Waals surface area contributed by atoms with Gasteiger partial charge in [-0.1, -0.05) is 0 Å². The second kappa shape index (κ2) is 3.38. The molecule has 1 aliphatic rings. The quantitative estimate of drug-likeness (QED) is 0.586. The molecule has 0 aromatic rings. The average Bonchev–Trinajstić information content (AvgIpc) is 2.25. The normalized spacial score (nSPS) is 41.6. The number of carboxylic acids is 1. The van der Waals surface area contributed by atoms with Crippen LogP contribution in [0.15, 0.2) is 0 Å². The number of carbonyl (C=O) groups is 1. The van der Waals surface area contributed by atoms with Gasteiger partial charge in [0.15, 0.2) is 6.29 Å². The predicted octanol–water partition coefficient (Wildman–Crippen LogP) is -0.594. The Morgan fingerprint density at radius 1 is 1.67 bits per heavy atom. The second-order valence-corrected chi connectivity index (χ2v) is 2.89. The summed E-state index contributed by atoms with van der Waals surface area (Å²) in [6.07, 6.45) is -0.983. The molecule has 0 aromatic heterocycles. The van der Waals surface area contributed by atoms with Gasteiger partial charge in [0.2, 0.25) is 0 Å². The van der Waals surface area contributed by atoms with Gasteiger partial charge >= 0.3 is 5.97 Å². The molecule has 70 valence electrons. The van der Waals surface area contributed by atoms with E-state index in [0.717, 1.165) is 0 Å². The zero-order valence-electron chi connectivity index (χ0n) is 7.06. The molecule has 1 heterocycles. The molecule has 0 aromatic carbocycles. The van der Waals surface area contributed by atoms with Crippen LogP contribution in [-0.2, 0) is 14.3 Å². The van der Waals surface area contributed by atoms with Gasteiger partial charge < -0.3 is 20.3 Å². The topological polar surface area (TPSA) is 81.8 Å². The summed E-state index contributed by atoms with van der Waals surface area (Å²) in [5, 5.41) is 8.75. The highest BCUT2D eigenvalue weighted by Gasteiger charge is 2.44. The number of hydrogen-bond acceptors (Lipinski definition) is 4. The highest BCUT2D eigenvalue weighted by molar-refractivity contribution is 5.72. The van der Waals surface area contributed by atoms with Gasteiger partial charge in [-0.05, 0) is 6.92 Å². The average molecular weight is 175 g/mol. The Labute approximate surface area is 70.4 Å². The molecule has 1 saturated heterocycles. The van der Waals surface area contributed by atoms with Crippen molar-refractivity contribution >= 4 is 5.97 Å². The number of ether oxygens (including phenoxy) is 2. The van der Waals surface area contributed by atoms with Gasteiger partial charge in [-0.3, -0.25) is 4.79 Å². The maximum absolute atomic E-state index is 10.7. The Balaban J connectivity index is 2.70. The van der Waals surface area contributed by atoms with Crippen LogP contribution in [-0.4, -0.2) is 36.6 Å². The summed E-state index contributed by atoms with van der Waals surface area (Å²) < 4.78 is 10.0. The smallest absolute Gasteiger partial charge is 0.310 e. The zero-order valence-corrected chi connectivity index (χ0v) is 7.06. The van der Waals surface area contributed by atoms with E-state index in [2.05, 4.69) is 0 Å². The lowest BCUT2D eigenvalue weighted by molar-refractivity contribution is -0.143. The Morgan fingerprint density at radius 2 is 2.25 bits per heavy atom. The fraction of sp³-hybridized carbons (Fsp3) is 0.857. The van der Waals surface area contributed by atoms with E-state index in [0.29, 0.717) is 0 Å². The molecule has 0 unspecified atom stereocenters. The highest BCUT2D eigenvalue weighted by atomic mass is 16.7. The Hall–Kier alpha value is -0.650. The van der Waals surface area contributed by atoms with Crippen LogP contribution in [0.1, 0.15) is 6.92 Å². The first-order valence-electron chi connectivity index (χ1n) is 3.74. The van der Waals surface area contributed by atoms with Crippen LogP contribution >= 0.6 is 0 Å². The minimum atomic E-state index is -0.936. The van der Waals surface area contributed by atoms with E-state index in [1.54, 1.807) is 6.92 Å². The van der Waals surface area contributed by atoms with Gasteiger partial charge in [0.1, 0.15) is 5.92 Å². The van der Waals surface area contributed by atoms with Crippen LogP contribution in [0.2, 0.25) is 0 Å². The minimum Gasteiger partial charge on any atom is -0.481 e. The first-order valence-corrected chi connectivity index (χ1v) is 3.74. The van der Waals surface area contributed by atoms with Crippen molar-refractivity contribution in [1.29, 1.82) is 0 Å². The molecule has 4 atom stereocenters. The number of carboxylic acid groups (broad SMARTS) is 1. The molecule has 1 aliphatic heterocycles. The lowest BCUT2D eigenvalue weighted by Gasteiger charge is -2.13. The van der Waals surface area contributed by atoms with E-state index >= 15 is 0 Å². The molecule has 0 aliphatic carbocycles. The van der Waals surface area contributed by atoms with Gasteiger partial charge in [0.05, 0.1) is 12.1 Å². The lowest BCUT2D eigenvalue weighted by atomic mass is 9.98. The summed E-state index contributed by atoms with van der Waals surface area (Å²) >= 11 is 0. The maximum atomic E-state index is 10.7. The zero-order chi connectivity index (χ0) is 9.30. The summed E-state index contributed by atoms with van der Waals surface area (Å²) in [6, 6.07) is -0.581. The Kier molecular flexibility index (Phi) is 2.66. The molecule has 0 spiro atoms. The molecule has 0 saturated carbocycles. The van der Waals surface area contributed by atoms with Crippen LogP contribution in [0.25, 0.3) is 0 Å². The molecule has 0 radical (unpaired) electrons. The third kappa shape index (κ3) is 1.43. The van der Waals surface area contributed by atoms with Crippen LogP contribution < -0.4 is 5.73 Å². The summed E-state index contributed by atoms with van der Waals surface area (Å²) in [5.41, 5.74) is 5.59. The molecule has 12 heavy (non-hydrogen) atoms. The number of rotatable bonds is 2. The molecule has 1 rings (SSSR count). The Bertz CT molecular complexity index is 184. The van der Waals surface area contributed by atoms with Gasteiger partial charge in [0.25, 0.3) is 0 Å². The third-order valence-electron chi connectivity index (χ3n) is 2.10. The van der Waals surface area contributed by atoms with Gasteiger partial charge in [0, 0.05) is 7.11 Å². The van der Waals surface area contributed by atoms with Crippen molar-refractivity contribution in [2.75, 3.05) is 7.11 Å². The van der Waals surface area contributed by atoms with E-state index in [9.17, 15) is 4.79 Å². The maximum Gasteiger partial charge on any atom is 0.310 e. The summed E-state index contributed by atoms with van der Waals surface area (Å²) in [7, 11) is 1.45. The van der Waals surface area contributed by atoms with E-state index in [1.165, 1.54) is 7.11 Å². The number of aliphatic carboxylic acids is 1. The van der Waals surface area contributed by atoms with Crippen molar-refractivity contribution in [3.8, 4) is 0 Å². The largest absolute Gasteiger partial charge is 0.481 e. The molecular weight excluding hydrogens is 162 g/mol. The molecular formula is C7H13NO4.